The van der Waals surface area contributed by atoms with Gasteiger partial charge in [-0.2, -0.15) is 11.8 Å². The summed E-state index contributed by atoms with van der Waals surface area (Å²) in [6, 6.07) is 6.42. The lowest BCUT2D eigenvalue weighted by molar-refractivity contribution is 0.0244. The van der Waals surface area contributed by atoms with Crippen LogP contribution in [0.25, 0.3) is 0 Å². The molecule has 2 fully saturated rings. The van der Waals surface area contributed by atoms with E-state index in [4.69, 9.17) is 4.74 Å². The highest BCUT2D eigenvalue weighted by Crippen LogP contribution is 2.21. The monoisotopic (exact) mass is 338 g/mol. The van der Waals surface area contributed by atoms with Crippen LogP contribution in [0.15, 0.2) is 24.3 Å². The fourth-order valence-corrected chi connectivity index (χ4v) is 4.18. The van der Waals surface area contributed by atoms with E-state index in [-0.39, 0.29) is 17.5 Å². The van der Waals surface area contributed by atoms with Gasteiger partial charge in [0.05, 0.1) is 24.8 Å². The molecule has 1 aromatic carbocycles. The molecule has 0 aliphatic carbocycles. The summed E-state index contributed by atoms with van der Waals surface area (Å²) in [6.45, 7) is 4.86. The Bertz CT molecular complexity index is 537. The zero-order valence-corrected chi connectivity index (χ0v) is 14.1. The normalized spacial score (nSPS) is 23.5. The summed E-state index contributed by atoms with van der Waals surface area (Å²) in [5.41, 5.74) is 0.186. The van der Waals surface area contributed by atoms with Gasteiger partial charge in [0.25, 0.3) is 5.91 Å². The SMILES string of the molecule is O=C(c1ccccc1F)N1CCCSCC1CN1CCOCC1. The van der Waals surface area contributed by atoms with Gasteiger partial charge in [-0.1, -0.05) is 12.1 Å². The molecule has 2 aliphatic heterocycles. The number of ether oxygens (including phenoxy) is 1. The van der Waals surface area contributed by atoms with E-state index in [0.29, 0.717) is 6.54 Å². The van der Waals surface area contributed by atoms with Crippen molar-refractivity contribution in [2.24, 2.45) is 0 Å². The maximum atomic E-state index is 14.0. The minimum atomic E-state index is -0.431. The molecular formula is C17H23FN2O2S. The van der Waals surface area contributed by atoms with Crippen LogP contribution in [0.1, 0.15) is 16.8 Å². The van der Waals surface area contributed by atoms with Crippen LogP contribution >= 0.6 is 11.8 Å². The van der Waals surface area contributed by atoms with Crippen LogP contribution in [0.2, 0.25) is 0 Å². The highest BCUT2D eigenvalue weighted by Gasteiger charge is 2.29. The summed E-state index contributed by atoms with van der Waals surface area (Å²) in [6.07, 6.45) is 0.963. The van der Waals surface area contributed by atoms with Crippen LogP contribution in [-0.2, 0) is 4.74 Å². The van der Waals surface area contributed by atoms with E-state index in [1.54, 1.807) is 18.2 Å². The third kappa shape index (κ3) is 4.25. The van der Waals surface area contributed by atoms with Crippen molar-refractivity contribution in [2.45, 2.75) is 12.5 Å². The topological polar surface area (TPSA) is 32.8 Å². The molecule has 1 aromatic rings. The van der Waals surface area contributed by atoms with Gasteiger partial charge in [-0.25, -0.2) is 4.39 Å². The van der Waals surface area contributed by atoms with Crippen molar-refractivity contribution in [2.75, 3.05) is 50.9 Å². The van der Waals surface area contributed by atoms with E-state index in [0.717, 1.165) is 50.8 Å². The van der Waals surface area contributed by atoms with Crippen molar-refractivity contribution in [1.29, 1.82) is 0 Å². The summed E-state index contributed by atoms with van der Waals surface area (Å²) in [5, 5.41) is 0. The lowest BCUT2D eigenvalue weighted by atomic mass is 10.1. The standard InChI is InChI=1S/C17H23FN2O2S/c18-16-5-2-1-4-15(16)17(21)20-6-3-11-23-13-14(20)12-19-7-9-22-10-8-19/h1-2,4-5,14H,3,6-13H2. The highest BCUT2D eigenvalue weighted by molar-refractivity contribution is 7.99. The maximum absolute atomic E-state index is 14.0. The number of morpholine rings is 1. The van der Waals surface area contributed by atoms with Crippen LogP contribution in [0.3, 0.4) is 0 Å². The van der Waals surface area contributed by atoms with Gasteiger partial charge in [0.15, 0.2) is 0 Å². The Morgan fingerprint density at radius 2 is 2.04 bits per heavy atom. The maximum Gasteiger partial charge on any atom is 0.257 e. The molecule has 1 unspecified atom stereocenters. The van der Waals surface area contributed by atoms with Crippen molar-refractivity contribution in [3.05, 3.63) is 35.6 Å². The molecule has 0 spiro atoms. The fourth-order valence-electron chi connectivity index (χ4n) is 3.12. The van der Waals surface area contributed by atoms with Crippen molar-refractivity contribution >= 4 is 17.7 Å². The third-order valence-electron chi connectivity index (χ3n) is 4.38. The Hall–Kier alpha value is -1.11. The first kappa shape index (κ1) is 16.7. The first-order chi connectivity index (χ1) is 11.3. The number of nitrogens with zero attached hydrogens (tertiary/aromatic N) is 2. The molecule has 2 aliphatic rings. The van der Waals surface area contributed by atoms with Gasteiger partial charge < -0.3 is 9.64 Å². The Kier molecular flexibility index (Phi) is 5.91. The van der Waals surface area contributed by atoms with Crippen molar-refractivity contribution in [1.82, 2.24) is 9.80 Å². The van der Waals surface area contributed by atoms with Crippen molar-refractivity contribution < 1.29 is 13.9 Å². The lowest BCUT2D eigenvalue weighted by Gasteiger charge is -2.35. The van der Waals surface area contributed by atoms with Gasteiger partial charge >= 0.3 is 0 Å². The van der Waals surface area contributed by atoms with E-state index in [1.807, 2.05) is 16.7 Å². The summed E-state index contributed by atoms with van der Waals surface area (Å²) < 4.78 is 19.4. The van der Waals surface area contributed by atoms with E-state index >= 15 is 0 Å². The predicted octanol–water partition coefficient (Wildman–Crippen LogP) is 2.11. The minimum Gasteiger partial charge on any atom is -0.379 e. The van der Waals surface area contributed by atoms with Gasteiger partial charge in [0.1, 0.15) is 5.82 Å². The number of rotatable bonds is 3. The first-order valence-electron chi connectivity index (χ1n) is 8.19. The van der Waals surface area contributed by atoms with Gasteiger partial charge in [-0.15, -0.1) is 0 Å². The number of hydrogen-bond donors (Lipinski definition) is 0. The molecule has 6 heteroatoms. The lowest BCUT2D eigenvalue weighted by Crippen LogP contribution is -2.50. The number of amides is 1. The van der Waals surface area contributed by atoms with Gasteiger partial charge in [0.2, 0.25) is 0 Å². The molecule has 23 heavy (non-hydrogen) atoms. The van der Waals surface area contributed by atoms with Gasteiger partial charge in [0, 0.05) is 31.9 Å². The molecule has 3 rings (SSSR count). The first-order valence-corrected chi connectivity index (χ1v) is 9.34. The zero-order chi connectivity index (χ0) is 16.1. The zero-order valence-electron chi connectivity index (χ0n) is 13.2. The van der Waals surface area contributed by atoms with Crippen LogP contribution in [-0.4, -0.2) is 72.6 Å². The summed E-state index contributed by atoms with van der Waals surface area (Å²) >= 11 is 1.89. The second-order valence-electron chi connectivity index (χ2n) is 5.97. The molecule has 0 N–H and O–H groups in total. The molecule has 1 atom stereocenters. The van der Waals surface area contributed by atoms with E-state index < -0.39 is 5.82 Å². The van der Waals surface area contributed by atoms with Gasteiger partial charge in [-0.3, -0.25) is 9.69 Å². The average Bonchev–Trinajstić information content (AvgIpc) is 2.81. The number of carbonyl (C=O) groups is 1. The van der Waals surface area contributed by atoms with Crippen molar-refractivity contribution in [3.63, 3.8) is 0 Å². The smallest absolute Gasteiger partial charge is 0.257 e. The molecule has 2 heterocycles. The molecule has 0 aromatic heterocycles. The minimum absolute atomic E-state index is 0.132. The second-order valence-corrected chi connectivity index (χ2v) is 7.12. The summed E-state index contributed by atoms with van der Waals surface area (Å²) in [4.78, 5) is 17.1. The Labute approximate surface area is 141 Å². The largest absolute Gasteiger partial charge is 0.379 e. The average molecular weight is 338 g/mol. The molecule has 2 saturated heterocycles. The molecule has 1 amide bonds. The number of halogens is 1. The number of benzene rings is 1. The molecule has 126 valence electrons. The molecular weight excluding hydrogens is 315 g/mol. The Morgan fingerprint density at radius 1 is 1.26 bits per heavy atom. The Morgan fingerprint density at radius 3 is 2.83 bits per heavy atom. The molecule has 0 saturated carbocycles. The highest BCUT2D eigenvalue weighted by atomic mass is 32.2. The fraction of sp³-hybridized carbons (Fsp3) is 0.588. The van der Waals surface area contributed by atoms with Crippen LogP contribution < -0.4 is 0 Å². The van der Waals surface area contributed by atoms with Crippen LogP contribution in [0.5, 0.6) is 0 Å². The number of carbonyl (C=O) groups excluding carboxylic acids is 1. The summed E-state index contributed by atoms with van der Waals surface area (Å²) in [7, 11) is 0. The number of thioether (sulfide) groups is 1. The Balaban J connectivity index is 1.75. The van der Waals surface area contributed by atoms with Gasteiger partial charge in [-0.05, 0) is 24.3 Å². The van der Waals surface area contributed by atoms with E-state index in [1.165, 1.54) is 6.07 Å². The molecule has 4 nitrogen and oxygen atoms in total. The molecule has 0 radical (unpaired) electrons. The second kappa shape index (κ2) is 8.13. The summed E-state index contributed by atoms with van der Waals surface area (Å²) in [5.74, 6) is 1.36. The van der Waals surface area contributed by atoms with E-state index in [9.17, 15) is 9.18 Å². The molecule has 0 bridgehead atoms. The predicted molar refractivity (Wildman–Crippen MR) is 90.4 cm³/mol. The van der Waals surface area contributed by atoms with Crippen LogP contribution in [0, 0.1) is 5.82 Å². The van der Waals surface area contributed by atoms with E-state index in [2.05, 4.69) is 4.90 Å². The quantitative estimate of drug-likeness (QED) is 0.845. The van der Waals surface area contributed by atoms with Crippen molar-refractivity contribution in [3.8, 4) is 0 Å². The van der Waals surface area contributed by atoms with Crippen LogP contribution in [0.4, 0.5) is 4.39 Å². The third-order valence-corrected chi connectivity index (χ3v) is 5.57. The number of hydrogen-bond acceptors (Lipinski definition) is 4.